The van der Waals surface area contributed by atoms with E-state index < -0.39 is 146 Å². The molecule has 362 valence electrons. The highest BCUT2D eigenvalue weighted by molar-refractivity contribution is 5.73. The van der Waals surface area contributed by atoms with Gasteiger partial charge in [0.2, 0.25) is 5.91 Å². The van der Waals surface area contributed by atoms with Crippen LogP contribution in [0.4, 0.5) is 0 Å². The highest BCUT2D eigenvalue weighted by atomic mass is 16.8. The number of nitrogens with one attached hydrogen (secondary N) is 1. The summed E-state index contributed by atoms with van der Waals surface area (Å²) in [5.41, 5.74) is 0.764. The average molecular weight is 928 g/mol. The summed E-state index contributed by atoms with van der Waals surface area (Å²) in [7, 11) is 1.28. The summed E-state index contributed by atoms with van der Waals surface area (Å²) in [6.07, 6.45) is -21.3. The molecule has 1 aromatic carbocycles. The first-order valence-corrected chi connectivity index (χ1v) is 20.5. The normalized spacial score (nSPS) is 32.1. The second-order valence-electron chi connectivity index (χ2n) is 15.2. The van der Waals surface area contributed by atoms with Crippen molar-refractivity contribution in [2.24, 2.45) is 0 Å². The molecule has 3 fully saturated rings. The Bertz CT molecular complexity index is 1830. The van der Waals surface area contributed by atoms with Gasteiger partial charge in [0.25, 0.3) is 0 Å². The third kappa shape index (κ3) is 15.1. The Morgan fingerprint density at radius 1 is 0.508 bits per heavy atom. The van der Waals surface area contributed by atoms with E-state index in [9.17, 15) is 38.4 Å². The van der Waals surface area contributed by atoms with E-state index in [-0.39, 0.29) is 13.2 Å². The van der Waals surface area contributed by atoms with Crippen LogP contribution in [0.1, 0.15) is 67.9 Å². The fourth-order valence-corrected chi connectivity index (χ4v) is 7.51. The van der Waals surface area contributed by atoms with Crippen LogP contribution < -0.4 is 5.32 Å². The molecule has 0 aliphatic carbocycles. The van der Waals surface area contributed by atoms with Gasteiger partial charge in [0, 0.05) is 62.5 Å². The molecule has 1 aromatic rings. The molecule has 3 heterocycles. The molecule has 0 saturated carbocycles. The van der Waals surface area contributed by atoms with Crippen LogP contribution >= 0.6 is 0 Å². The van der Waals surface area contributed by atoms with E-state index in [4.69, 9.17) is 66.3 Å². The predicted octanol–water partition coefficient (Wildman–Crippen LogP) is 0.473. The molecule has 0 unspecified atom stereocenters. The number of methoxy groups -OCH3 is 1. The Kier molecular flexibility index (Phi) is 19.6. The van der Waals surface area contributed by atoms with Gasteiger partial charge in [-0.15, -0.1) is 0 Å². The second kappa shape index (κ2) is 24.3. The zero-order valence-corrected chi connectivity index (χ0v) is 37.6. The minimum absolute atomic E-state index is 0.0458. The van der Waals surface area contributed by atoms with Gasteiger partial charge in [-0.3, -0.25) is 38.4 Å². The highest BCUT2D eigenvalue weighted by Crippen LogP contribution is 2.37. The SMILES string of the molecule is CO[C@@H]1O[C@H](COCc2ccccc2)[C@@H](O[C@@H]2O[C@H](COC(C)=O)[C@@H](OC(C)=O)[C@H](OC(C)=O)[C@H]2OC(C)=O)[C@H](O[C@@H]2O[C@@H](C)[C@H](OC(C)=O)[C@@H](OC(C)=O)[C@H]2OC(C)=O)[C@H]1NC(C)=O. The van der Waals surface area contributed by atoms with Gasteiger partial charge in [0.1, 0.15) is 37.1 Å². The minimum atomic E-state index is -1.83. The van der Waals surface area contributed by atoms with E-state index in [0.717, 1.165) is 54.0 Å². The van der Waals surface area contributed by atoms with Crippen molar-refractivity contribution in [3.63, 3.8) is 0 Å². The molecule has 23 nitrogen and oxygen atoms in total. The second-order valence-corrected chi connectivity index (χ2v) is 15.2. The zero-order valence-electron chi connectivity index (χ0n) is 37.6. The van der Waals surface area contributed by atoms with Crippen LogP contribution in [-0.2, 0) is 111 Å². The van der Waals surface area contributed by atoms with E-state index in [2.05, 4.69) is 5.32 Å². The molecule has 3 aliphatic rings. The maximum absolute atomic E-state index is 12.9. The van der Waals surface area contributed by atoms with Crippen molar-refractivity contribution in [1.82, 2.24) is 5.32 Å². The molecule has 65 heavy (non-hydrogen) atoms. The molecule has 1 amide bonds. The number of carbonyl (C=O) groups is 8. The largest absolute Gasteiger partial charge is 0.463 e. The third-order valence-electron chi connectivity index (χ3n) is 9.81. The van der Waals surface area contributed by atoms with Crippen LogP contribution in [0, 0.1) is 0 Å². The molecule has 15 atom stereocenters. The molecule has 23 heteroatoms. The van der Waals surface area contributed by atoms with Crippen molar-refractivity contribution < 1.29 is 105 Å². The number of ether oxygens (including phenoxy) is 14. The van der Waals surface area contributed by atoms with Crippen molar-refractivity contribution in [3.8, 4) is 0 Å². The van der Waals surface area contributed by atoms with E-state index in [0.29, 0.717) is 0 Å². The number of esters is 7. The number of hydrogen-bond donors (Lipinski definition) is 1. The first kappa shape index (κ1) is 52.3. The van der Waals surface area contributed by atoms with Gasteiger partial charge in [-0.2, -0.15) is 0 Å². The lowest BCUT2D eigenvalue weighted by atomic mass is 9.94. The van der Waals surface area contributed by atoms with E-state index >= 15 is 0 Å². The maximum atomic E-state index is 12.9. The first-order chi connectivity index (χ1) is 30.7. The van der Waals surface area contributed by atoms with Crippen LogP contribution in [0.2, 0.25) is 0 Å². The lowest BCUT2D eigenvalue weighted by Gasteiger charge is -2.51. The summed E-state index contributed by atoms with van der Waals surface area (Å²) >= 11 is 0. The van der Waals surface area contributed by atoms with E-state index in [1.54, 1.807) is 12.1 Å². The highest BCUT2D eigenvalue weighted by Gasteiger charge is 2.59. The molecular formula is C42H57NO22. The Morgan fingerprint density at radius 3 is 1.46 bits per heavy atom. The summed E-state index contributed by atoms with van der Waals surface area (Å²) in [5.74, 6) is -6.61. The Labute approximate surface area is 374 Å². The molecule has 3 saturated heterocycles. The predicted molar refractivity (Wildman–Crippen MR) is 212 cm³/mol. The van der Waals surface area contributed by atoms with E-state index in [1.165, 1.54) is 21.0 Å². The van der Waals surface area contributed by atoms with Gasteiger partial charge in [0.05, 0.1) is 19.3 Å². The standard InChI is InChI=1S/C42H57NO22/c1-19-32(56-22(4)46)36(58-24(6)48)38(60-26(8)50)41(55-19)65-35-31(43-20(2)44)40(52-10)62-29(17-53-16-28-14-12-11-13-15-28)33(35)64-42-39(61-27(9)51)37(59-25(7)49)34(57-23(5)47)30(63-42)18-54-21(3)45/h11-15,19,29-42H,16-18H2,1-10H3,(H,43,44)/t19-,29+,30+,31+,32-,33+,34+,35+,36+,37-,38+,39+,40+,41-,42-/m0/s1. The lowest BCUT2D eigenvalue weighted by Crippen LogP contribution is -2.70. The Hall–Kier alpha value is -5.30. The zero-order chi connectivity index (χ0) is 48.1. The monoisotopic (exact) mass is 927 g/mol. The summed E-state index contributed by atoms with van der Waals surface area (Å²) in [4.78, 5) is 100. The van der Waals surface area contributed by atoms with Crippen LogP contribution in [-0.4, -0.2) is 160 Å². The van der Waals surface area contributed by atoms with E-state index in [1.807, 2.05) is 18.2 Å². The van der Waals surface area contributed by atoms with Crippen LogP contribution in [0.3, 0.4) is 0 Å². The fourth-order valence-electron chi connectivity index (χ4n) is 7.51. The molecule has 1 N–H and O–H groups in total. The number of amides is 1. The van der Waals surface area contributed by atoms with Gasteiger partial charge in [0.15, 0.2) is 55.5 Å². The molecule has 3 aliphatic heterocycles. The minimum Gasteiger partial charge on any atom is -0.463 e. The van der Waals surface area contributed by atoms with Crippen molar-refractivity contribution in [1.29, 1.82) is 0 Å². The average Bonchev–Trinajstić information content (AvgIpc) is 3.20. The van der Waals surface area contributed by atoms with Gasteiger partial charge in [-0.1, -0.05) is 30.3 Å². The fraction of sp³-hybridized carbons (Fsp3) is 0.667. The summed E-state index contributed by atoms with van der Waals surface area (Å²) in [5, 5.41) is 2.72. The van der Waals surface area contributed by atoms with Crippen LogP contribution in [0.15, 0.2) is 30.3 Å². The summed E-state index contributed by atoms with van der Waals surface area (Å²) in [6.45, 7) is 9.32. The Morgan fingerprint density at radius 2 is 0.954 bits per heavy atom. The quantitative estimate of drug-likeness (QED) is 0.155. The molecular weight excluding hydrogens is 870 g/mol. The molecule has 0 spiro atoms. The molecule has 4 rings (SSSR count). The van der Waals surface area contributed by atoms with Gasteiger partial charge >= 0.3 is 41.8 Å². The molecule has 0 bridgehead atoms. The van der Waals surface area contributed by atoms with Crippen molar-refractivity contribution in [3.05, 3.63) is 35.9 Å². The summed E-state index contributed by atoms with van der Waals surface area (Å²) < 4.78 is 82.9. The number of carbonyl (C=O) groups excluding carboxylic acids is 8. The first-order valence-electron chi connectivity index (χ1n) is 20.5. The van der Waals surface area contributed by atoms with Crippen molar-refractivity contribution in [2.45, 2.75) is 161 Å². The van der Waals surface area contributed by atoms with Gasteiger partial charge < -0.3 is 71.6 Å². The van der Waals surface area contributed by atoms with Crippen molar-refractivity contribution in [2.75, 3.05) is 20.3 Å². The molecule has 0 radical (unpaired) electrons. The topological polar surface area (TPSA) is 278 Å². The Balaban J connectivity index is 1.92. The number of hydrogen-bond acceptors (Lipinski definition) is 22. The smallest absolute Gasteiger partial charge is 0.303 e. The number of benzene rings is 1. The summed E-state index contributed by atoms with van der Waals surface area (Å²) in [6, 6.07) is 7.68. The molecule has 0 aromatic heterocycles. The lowest BCUT2D eigenvalue weighted by molar-refractivity contribution is -0.373. The van der Waals surface area contributed by atoms with Gasteiger partial charge in [-0.05, 0) is 12.5 Å². The van der Waals surface area contributed by atoms with Crippen molar-refractivity contribution >= 4 is 47.7 Å². The van der Waals surface area contributed by atoms with Gasteiger partial charge in [-0.25, -0.2) is 0 Å². The third-order valence-corrected chi connectivity index (χ3v) is 9.81. The maximum Gasteiger partial charge on any atom is 0.303 e. The van der Waals surface area contributed by atoms with Crippen LogP contribution in [0.25, 0.3) is 0 Å². The van der Waals surface area contributed by atoms with Crippen LogP contribution in [0.5, 0.6) is 0 Å². The number of rotatable bonds is 18.